The van der Waals surface area contributed by atoms with Gasteiger partial charge in [0.25, 0.3) is 0 Å². The van der Waals surface area contributed by atoms with E-state index in [-0.39, 0.29) is 12.4 Å². The Morgan fingerprint density at radius 2 is 1.88 bits per heavy atom. The van der Waals surface area contributed by atoms with Crippen LogP contribution >= 0.6 is 12.4 Å². The molecule has 0 fully saturated rings. The summed E-state index contributed by atoms with van der Waals surface area (Å²) in [5.41, 5.74) is 6.60. The lowest BCUT2D eigenvalue weighted by atomic mass is 10.1. The van der Waals surface area contributed by atoms with Gasteiger partial charge in [-0.3, -0.25) is 4.79 Å². The standard InChI is InChI=1S/C11H15NO3.ClH/c1-14-9-5-3-8(4-6-9)7-10(12)11(13)15-2;/h3-6,10H,7,12H2,1-2H3;1H/t10-;/m1./s1. The number of halogens is 1. The lowest BCUT2D eigenvalue weighted by Gasteiger charge is -2.09. The number of carbonyl (C=O) groups excluding carboxylic acids is 1. The highest BCUT2D eigenvalue weighted by atomic mass is 35.5. The second-order valence-corrected chi connectivity index (χ2v) is 3.18. The molecule has 0 heterocycles. The van der Waals surface area contributed by atoms with Crippen molar-refractivity contribution in [3.05, 3.63) is 29.8 Å². The van der Waals surface area contributed by atoms with Crippen molar-refractivity contribution in [1.29, 1.82) is 0 Å². The molecule has 4 nitrogen and oxygen atoms in total. The second kappa shape index (κ2) is 7.09. The summed E-state index contributed by atoms with van der Waals surface area (Å²) in [5, 5.41) is 0. The van der Waals surface area contributed by atoms with E-state index in [9.17, 15) is 4.79 Å². The summed E-state index contributed by atoms with van der Waals surface area (Å²) in [6.45, 7) is 0. The van der Waals surface area contributed by atoms with E-state index in [2.05, 4.69) is 4.74 Å². The first kappa shape index (κ1) is 14.7. The smallest absolute Gasteiger partial charge is 0.322 e. The fourth-order valence-corrected chi connectivity index (χ4v) is 1.25. The summed E-state index contributed by atoms with van der Waals surface area (Å²) in [6.07, 6.45) is 0.469. The molecular formula is C11H16ClNO3. The van der Waals surface area contributed by atoms with E-state index in [0.717, 1.165) is 11.3 Å². The number of esters is 1. The van der Waals surface area contributed by atoms with Gasteiger partial charge in [-0.2, -0.15) is 0 Å². The number of hydrogen-bond acceptors (Lipinski definition) is 4. The largest absolute Gasteiger partial charge is 0.497 e. The molecule has 0 spiro atoms. The fourth-order valence-electron chi connectivity index (χ4n) is 1.25. The number of rotatable bonds is 4. The normalized spacial score (nSPS) is 11.2. The molecule has 0 aromatic heterocycles. The highest BCUT2D eigenvalue weighted by Gasteiger charge is 2.13. The Bertz CT molecular complexity index is 327. The van der Waals surface area contributed by atoms with Crippen molar-refractivity contribution in [2.45, 2.75) is 12.5 Å². The zero-order valence-electron chi connectivity index (χ0n) is 9.30. The van der Waals surface area contributed by atoms with Crippen molar-refractivity contribution in [2.24, 2.45) is 5.73 Å². The molecule has 0 saturated heterocycles. The molecule has 0 bridgehead atoms. The van der Waals surface area contributed by atoms with Gasteiger partial charge in [0.15, 0.2) is 0 Å². The summed E-state index contributed by atoms with van der Waals surface area (Å²) in [7, 11) is 2.94. The van der Waals surface area contributed by atoms with Crippen LogP contribution in [0, 0.1) is 0 Å². The molecule has 0 saturated carbocycles. The van der Waals surface area contributed by atoms with Crippen molar-refractivity contribution >= 4 is 18.4 Å². The monoisotopic (exact) mass is 245 g/mol. The molecule has 5 heteroatoms. The van der Waals surface area contributed by atoms with Crippen LogP contribution in [0.25, 0.3) is 0 Å². The van der Waals surface area contributed by atoms with E-state index in [1.54, 1.807) is 7.11 Å². The number of carbonyl (C=O) groups is 1. The second-order valence-electron chi connectivity index (χ2n) is 3.18. The van der Waals surface area contributed by atoms with Crippen LogP contribution in [0.5, 0.6) is 5.75 Å². The van der Waals surface area contributed by atoms with Crippen LogP contribution in [0.3, 0.4) is 0 Å². The minimum Gasteiger partial charge on any atom is -0.497 e. The SMILES string of the molecule is COC(=O)[C@H](N)Cc1ccc(OC)cc1.Cl. The van der Waals surface area contributed by atoms with Gasteiger partial charge < -0.3 is 15.2 Å². The zero-order chi connectivity index (χ0) is 11.3. The molecule has 1 atom stereocenters. The molecule has 0 aliphatic rings. The van der Waals surface area contributed by atoms with Gasteiger partial charge in [0.2, 0.25) is 0 Å². The minimum absolute atomic E-state index is 0. The number of ether oxygens (including phenoxy) is 2. The summed E-state index contributed by atoms with van der Waals surface area (Å²) < 4.78 is 9.56. The third-order valence-corrected chi connectivity index (χ3v) is 2.12. The fraction of sp³-hybridized carbons (Fsp3) is 0.364. The van der Waals surface area contributed by atoms with Crippen molar-refractivity contribution in [2.75, 3.05) is 14.2 Å². The van der Waals surface area contributed by atoms with Crippen LogP contribution in [-0.4, -0.2) is 26.2 Å². The van der Waals surface area contributed by atoms with Gasteiger partial charge in [-0.15, -0.1) is 12.4 Å². The topological polar surface area (TPSA) is 61.5 Å². The van der Waals surface area contributed by atoms with Crippen LogP contribution < -0.4 is 10.5 Å². The number of methoxy groups -OCH3 is 2. The highest BCUT2D eigenvalue weighted by molar-refractivity contribution is 5.85. The third kappa shape index (κ3) is 4.08. The average Bonchev–Trinajstić information content (AvgIpc) is 2.29. The molecule has 0 unspecified atom stereocenters. The number of nitrogens with two attached hydrogens (primary N) is 1. The first-order valence-corrected chi connectivity index (χ1v) is 4.63. The predicted molar refractivity (Wildman–Crippen MR) is 63.9 cm³/mol. The number of hydrogen-bond donors (Lipinski definition) is 1. The Kier molecular flexibility index (Phi) is 6.53. The van der Waals surface area contributed by atoms with E-state index in [0.29, 0.717) is 6.42 Å². The zero-order valence-corrected chi connectivity index (χ0v) is 10.1. The van der Waals surface area contributed by atoms with Gasteiger partial charge in [-0.05, 0) is 24.1 Å². The van der Waals surface area contributed by atoms with Gasteiger partial charge >= 0.3 is 5.97 Å². The lowest BCUT2D eigenvalue weighted by Crippen LogP contribution is -2.33. The predicted octanol–water partition coefficient (Wildman–Crippen LogP) is 1.16. The quantitative estimate of drug-likeness (QED) is 0.809. The summed E-state index contributed by atoms with van der Waals surface area (Å²) in [6, 6.07) is 6.81. The Morgan fingerprint density at radius 3 is 2.31 bits per heavy atom. The molecule has 0 aliphatic carbocycles. The summed E-state index contributed by atoms with van der Waals surface area (Å²) in [5.74, 6) is 0.385. The summed E-state index contributed by atoms with van der Waals surface area (Å²) >= 11 is 0. The first-order chi connectivity index (χ1) is 7.17. The van der Waals surface area contributed by atoms with E-state index in [4.69, 9.17) is 10.5 Å². The number of benzene rings is 1. The maximum absolute atomic E-state index is 11.1. The molecular weight excluding hydrogens is 230 g/mol. The Morgan fingerprint density at radius 1 is 1.31 bits per heavy atom. The van der Waals surface area contributed by atoms with E-state index < -0.39 is 12.0 Å². The van der Waals surface area contributed by atoms with E-state index in [1.165, 1.54) is 7.11 Å². The van der Waals surface area contributed by atoms with E-state index >= 15 is 0 Å². The van der Waals surface area contributed by atoms with Gasteiger partial charge in [-0.25, -0.2) is 0 Å². The van der Waals surface area contributed by atoms with Gasteiger partial charge in [-0.1, -0.05) is 12.1 Å². The van der Waals surface area contributed by atoms with Crippen LogP contribution in [0.2, 0.25) is 0 Å². The van der Waals surface area contributed by atoms with Crippen LogP contribution in [-0.2, 0) is 16.0 Å². The summed E-state index contributed by atoms with van der Waals surface area (Å²) in [4.78, 5) is 11.1. The van der Waals surface area contributed by atoms with Crippen molar-refractivity contribution in [3.63, 3.8) is 0 Å². The van der Waals surface area contributed by atoms with Crippen molar-refractivity contribution in [1.82, 2.24) is 0 Å². The first-order valence-electron chi connectivity index (χ1n) is 4.63. The molecule has 1 rings (SSSR count). The highest BCUT2D eigenvalue weighted by Crippen LogP contribution is 2.12. The van der Waals surface area contributed by atoms with Crippen LogP contribution in [0.15, 0.2) is 24.3 Å². The van der Waals surface area contributed by atoms with Gasteiger partial charge in [0.05, 0.1) is 14.2 Å². The molecule has 2 N–H and O–H groups in total. The Labute approximate surface area is 101 Å². The Balaban J connectivity index is 0.00000225. The Hall–Kier alpha value is -1.26. The maximum atomic E-state index is 11.1. The molecule has 0 amide bonds. The molecule has 0 radical (unpaired) electrons. The molecule has 16 heavy (non-hydrogen) atoms. The minimum atomic E-state index is -0.608. The van der Waals surface area contributed by atoms with Crippen molar-refractivity contribution in [3.8, 4) is 5.75 Å². The average molecular weight is 246 g/mol. The maximum Gasteiger partial charge on any atom is 0.322 e. The van der Waals surface area contributed by atoms with E-state index in [1.807, 2.05) is 24.3 Å². The lowest BCUT2D eigenvalue weighted by molar-refractivity contribution is -0.142. The van der Waals surface area contributed by atoms with Gasteiger partial charge in [0, 0.05) is 0 Å². The van der Waals surface area contributed by atoms with Gasteiger partial charge in [0.1, 0.15) is 11.8 Å². The van der Waals surface area contributed by atoms with Crippen LogP contribution in [0.1, 0.15) is 5.56 Å². The third-order valence-electron chi connectivity index (χ3n) is 2.12. The molecule has 90 valence electrons. The molecule has 0 aliphatic heterocycles. The molecule has 1 aromatic rings. The molecule has 1 aromatic carbocycles. The van der Waals surface area contributed by atoms with Crippen LogP contribution in [0.4, 0.5) is 0 Å². The van der Waals surface area contributed by atoms with Crippen molar-refractivity contribution < 1.29 is 14.3 Å².